The lowest BCUT2D eigenvalue weighted by molar-refractivity contribution is 0.0360. The summed E-state index contributed by atoms with van der Waals surface area (Å²) >= 11 is 0. The first kappa shape index (κ1) is 13.9. The van der Waals surface area contributed by atoms with E-state index in [9.17, 15) is 4.39 Å². The van der Waals surface area contributed by atoms with Crippen molar-refractivity contribution in [1.82, 2.24) is 14.8 Å². The van der Waals surface area contributed by atoms with Crippen molar-refractivity contribution >= 4 is 0 Å². The van der Waals surface area contributed by atoms with Gasteiger partial charge < -0.3 is 9.30 Å². The third-order valence-electron chi connectivity index (χ3n) is 5.06. The zero-order valence-corrected chi connectivity index (χ0v) is 12.6. The summed E-state index contributed by atoms with van der Waals surface area (Å²) in [5.74, 6) is 1.93. The lowest BCUT2D eigenvalue weighted by atomic mass is 9.74. The van der Waals surface area contributed by atoms with E-state index in [1.807, 2.05) is 12.1 Å². The summed E-state index contributed by atoms with van der Waals surface area (Å²) in [7, 11) is 0. The van der Waals surface area contributed by atoms with Gasteiger partial charge in [0.05, 0.1) is 0 Å². The van der Waals surface area contributed by atoms with Crippen LogP contribution in [0.2, 0.25) is 0 Å². The fourth-order valence-corrected chi connectivity index (χ4v) is 3.80. The third kappa shape index (κ3) is 2.33. The Balaban J connectivity index is 1.64. The summed E-state index contributed by atoms with van der Waals surface area (Å²) < 4.78 is 20.9. The van der Waals surface area contributed by atoms with E-state index in [4.69, 9.17) is 4.74 Å². The van der Waals surface area contributed by atoms with Gasteiger partial charge in [0.2, 0.25) is 0 Å². The van der Waals surface area contributed by atoms with E-state index in [1.165, 1.54) is 25.0 Å². The van der Waals surface area contributed by atoms with E-state index >= 15 is 0 Å². The molecular formula is C17H20FN3O. The van der Waals surface area contributed by atoms with Crippen LogP contribution in [0.4, 0.5) is 4.39 Å². The number of hydrogen-bond donors (Lipinski definition) is 0. The van der Waals surface area contributed by atoms with Crippen LogP contribution in [0.3, 0.4) is 0 Å². The second-order valence-electron chi connectivity index (χ2n) is 6.39. The van der Waals surface area contributed by atoms with Crippen molar-refractivity contribution in [3.8, 4) is 0 Å². The zero-order valence-electron chi connectivity index (χ0n) is 12.6. The molecule has 0 aliphatic carbocycles. The molecule has 0 amide bonds. The summed E-state index contributed by atoms with van der Waals surface area (Å²) in [4.78, 5) is 0. The molecular weight excluding hydrogens is 281 g/mol. The Morgan fingerprint density at radius 3 is 2.64 bits per heavy atom. The van der Waals surface area contributed by atoms with Crippen LogP contribution in [-0.2, 0) is 23.1 Å². The molecule has 0 radical (unpaired) electrons. The molecule has 0 unspecified atom stereocenters. The van der Waals surface area contributed by atoms with Crippen molar-refractivity contribution in [1.29, 1.82) is 0 Å². The van der Waals surface area contributed by atoms with Crippen LogP contribution in [-0.4, -0.2) is 28.0 Å². The largest absolute Gasteiger partial charge is 0.381 e. The van der Waals surface area contributed by atoms with Gasteiger partial charge in [-0.15, -0.1) is 10.2 Å². The van der Waals surface area contributed by atoms with Gasteiger partial charge in [0.15, 0.2) is 0 Å². The fourth-order valence-electron chi connectivity index (χ4n) is 3.80. The monoisotopic (exact) mass is 301 g/mol. The molecule has 4 nitrogen and oxygen atoms in total. The second kappa shape index (κ2) is 5.47. The van der Waals surface area contributed by atoms with E-state index in [-0.39, 0.29) is 11.2 Å². The number of ether oxygens (including phenoxy) is 1. The summed E-state index contributed by atoms with van der Waals surface area (Å²) in [5.41, 5.74) is 1.23. The first-order chi connectivity index (χ1) is 10.8. The molecule has 5 heteroatoms. The maximum absolute atomic E-state index is 13.0. The van der Waals surface area contributed by atoms with Crippen LogP contribution < -0.4 is 0 Å². The average molecular weight is 301 g/mol. The van der Waals surface area contributed by atoms with Crippen LogP contribution in [0.25, 0.3) is 0 Å². The van der Waals surface area contributed by atoms with Gasteiger partial charge in [-0.25, -0.2) is 4.39 Å². The predicted molar refractivity (Wildman–Crippen MR) is 80.2 cm³/mol. The standard InChI is InChI=1S/C17H20FN3O/c18-14-4-2-13(3-5-14)12-15-19-20-16-17(6-1-9-21(15)16)7-10-22-11-8-17/h2-5H,1,6-12H2. The minimum absolute atomic E-state index is 0.157. The number of nitrogens with zero attached hydrogens (tertiary/aromatic N) is 3. The molecule has 22 heavy (non-hydrogen) atoms. The summed E-state index contributed by atoms with van der Waals surface area (Å²) in [5, 5.41) is 8.97. The minimum Gasteiger partial charge on any atom is -0.381 e. The van der Waals surface area contributed by atoms with E-state index in [1.54, 1.807) is 0 Å². The molecule has 0 saturated carbocycles. The maximum Gasteiger partial charge on any atom is 0.139 e. The molecule has 0 bridgehead atoms. The number of benzene rings is 1. The third-order valence-corrected chi connectivity index (χ3v) is 5.06. The minimum atomic E-state index is -0.201. The quantitative estimate of drug-likeness (QED) is 0.856. The van der Waals surface area contributed by atoms with Gasteiger partial charge in [0.25, 0.3) is 0 Å². The van der Waals surface area contributed by atoms with Crippen molar-refractivity contribution in [2.75, 3.05) is 13.2 Å². The second-order valence-corrected chi connectivity index (χ2v) is 6.39. The number of fused-ring (bicyclic) bond motifs is 2. The van der Waals surface area contributed by atoms with E-state index in [2.05, 4.69) is 14.8 Å². The Bertz CT molecular complexity index is 659. The summed E-state index contributed by atoms with van der Waals surface area (Å²) in [6.07, 6.45) is 5.15. The van der Waals surface area contributed by atoms with Gasteiger partial charge in [-0.1, -0.05) is 12.1 Å². The van der Waals surface area contributed by atoms with Gasteiger partial charge in [-0.2, -0.15) is 0 Å². The molecule has 0 N–H and O–H groups in total. The van der Waals surface area contributed by atoms with E-state index < -0.39 is 0 Å². The number of halogens is 1. The molecule has 0 atom stereocenters. The highest BCUT2D eigenvalue weighted by Crippen LogP contribution is 2.41. The molecule has 2 aliphatic heterocycles. The Hall–Kier alpha value is -1.75. The van der Waals surface area contributed by atoms with Gasteiger partial charge in [-0.05, 0) is 43.4 Å². The maximum atomic E-state index is 13.0. The molecule has 116 valence electrons. The van der Waals surface area contributed by atoms with Gasteiger partial charge in [-0.3, -0.25) is 0 Å². The van der Waals surface area contributed by atoms with Crippen molar-refractivity contribution < 1.29 is 9.13 Å². The highest BCUT2D eigenvalue weighted by molar-refractivity contribution is 5.22. The molecule has 2 aromatic rings. The average Bonchev–Trinajstić information content (AvgIpc) is 2.95. The number of hydrogen-bond acceptors (Lipinski definition) is 3. The molecule has 2 aliphatic rings. The van der Waals surface area contributed by atoms with Crippen molar-refractivity contribution in [3.63, 3.8) is 0 Å². The summed E-state index contributed by atoms with van der Waals surface area (Å²) in [6, 6.07) is 6.65. The van der Waals surface area contributed by atoms with Gasteiger partial charge >= 0.3 is 0 Å². The Morgan fingerprint density at radius 2 is 1.86 bits per heavy atom. The van der Waals surface area contributed by atoms with Gasteiger partial charge in [0.1, 0.15) is 17.5 Å². The molecule has 3 heterocycles. The SMILES string of the molecule is Fc1ccc(Cc2nnc3n2CCCC32CCOCC2)cc1. The molecule has 1 saturated heterocycles. The fraction of sp³-hybridized carbons (Fsp3) is 0.529. The van der Waals surface area contributed by atoms with Crippen molar-refractivity contribution in [2.24, 2.45) is 0 Å². The van der Waals surface area contributed by atoms with Crippen LogP contribution in [0.1, 0.15) is 42.9 Å². The molecule has 4 rings (SSSR count). The highest BCUT2D eigenvalue weighted by Gasteiger charge is 2.41. The number of rotatable bonds is 2. The van der Waals surface area contributed by atoms with Crippen LogP contribution in [0.5, 0.6) is 0 Å². The number of aromatic nitrogens is 3. The topological polar surface area (TPSA) is 39.9 Å². The molecule has 1 fully saturated rings. The van der Waals surface area contributed by atoms with Crippen molar-refractivity contribution in [2.45, 2.75) is 44.1 Å². The first-order valence-electron chi connectivity index (χ1n) is 8.02. The molecule has 1 spiro atoms. The van der Waals surface area contributed by atoms with Crippen LogP contribution in [0.15, 0.2) is 24.3 Å². The lowest BCUT2D eigenvalue weighted by Crippen LogP contribution is -2.39. The van der Waals surface area contributed by atoms with E-state index in [0.717, 1.165) is 49.8 Å². The van der Waals surface area contributed by atoms with Crippen molar-refractivity contribution in [3.05, 3.63) is 47.3 Å². The zero-order chi connectivity index (χ0) is 15.0. The predicted octanol–water partition coefficient (Wildman–Crippen LogP) is 2.85. The Labute approximate surface area is 129 Å². The lowest BCUT2D eigenvalue weighted by Gasteiger charge is -2.39. The van der Waals surface area contributed by atoms with E-state index in [0.29, 0.717) is 6.42 Å². The van der Waals surface area contributed by atoms with Crippen LogP contribution >= 0.6 is 0 Å². The smallest absolute Gasteiger partial charge is 0.139 e. The Morgan fingerprint density at radius 1 is 1.09 bits per heavy atom. The van der Waals surface area contributed by atoms with Crippen LogP contribution in [0, 0.1) is 5.82 Å². The first-order valence-corrected chi connectivity index (χ1v) is 8.02. The summed E-state index contributed by atoms with van der Waals surface area (Å²) in [6.45, 7) is 2.63. The Kier molecular flexibility index (Phi) is 3.45. The highest BCUT2D eigenvalue weighted by atomic mass is 19.1. The molecule has 1 aromatic carbocycles. The normalized spacial score (nSPS) is 20.0. The van der Waals surface area contributed by atoms with Gasteiger partial charge in [0, 0.05) is 31.6 Å². The molecule has 1 aromatic heterocycles.